The zero-order chi connectivity index (χ0) is 15.5. The first-order chi connectivity index (χ1) is 9.91. The number of carbonyl (C=O) groups excluding carboxylic acids is 1. The molecular weight excluding hydrogens is 287 g/mol. The Kier molecular flexibility index (Phi) is 4.81. The third-order valence-corrected chi connectivity index (χ3v) is 3.63. The summed E-state index contributed by atoms with van der Waals surface area (Å²) in [4.78, 5) is 12.0. The predicted octanol–water partition coefficient (Wildman–Crippen LogP) is 1.09. The molecule has 2 rings (SSSR count). The summed E-state index contributed by atoms with van der Waals surface area (Å²) in [6.45, 7) is 0.734. The highest BCUT2D eigenvalue weighted by atomic mass is 19.4. The van der Waals surface area contributed by atoms with E-state index < -0.39 is 24.0 Å². The molecule has 0 aromatic carbocycles. The summed E-state index contributed by atoms with van der Waals surface area (Å²) in [5.41, 5.74) is 5.36. The molecule has 1 fully saturated rings. The molecule has 1 aliphatic rings. The molecule has 118 valence electrons. The molecule has 1 aromatic rings. The molecule has 1 amide bonds. The van der Waals surface area contributed by atoms with Crippen molar-refractivity contribution < 1.29 is 18.0 Å². The summed E-state index contributed by atoms with van der Waals surface area (Å²) in [5, 5.41) is 9.78. The van der Waals surface area contributed by atoms with Gasteiger partial charge in [0.05, 0.1) is 18.7 Å². The molecule has 1 saturated carbocycles. The van der Waals surface area contributed by atoms with Crippen molar-refractivity contribution >= 4 is 5.91 Å². The van der Waals surface area contributed by atoms with Crippen LogP contribution >= 0.6 is 0 Å². The summed E-state index contributed by atoms with van der Waals surface area (Å²) >= 11 is 0. The fourth-order valence-corrected chi connectivity index (χ4v) is 2.58. The maximum absolute atomic E-state index is 13.0. The lowest BCUT2D eigenvalue weighted by Crippen LogP contribution is -2.47. The van der Waals surface area contributed by atoms with Crippen molar-refractivity contribution in [3.63, 3.8) is 0 Å². The predicted molar refractivity (Wildman–Crippen MR) is 68.3 cm³/mol. The lowest BCUT2D eigenvalue weighted by Gasteiger charge is -2.33. The second kappa shape index (κ2) is 6.42. The number of alkyl halides is 3. The van der Waals surface area contributed by atoms with Crippen LogP contribution in [0.4, 0.5) is 13.2 Å². The molecular formula is C12H18F3N5O. The second-order valence-corrected chi connectivity index (χ2v) is 5.17. The van der Waals surface area contributed by atoms with Crippen LogP contribution in [-0.4, -0.2) is 39.7 Å². The average molecular weight is 305 g/mol. The minimum Gasteiger partial charge on any atom is -0.347 e. The van der Waals surface area contributed by atoms with E-state index in [1.54, 1.807) is 0 Å². The van der Waals surface area contributed by atoms with Crippen LogP contribution in [-0.2, 0) is 6.54 Å². The van der Waals surface area contributed by atoms with E-state index in [4.69, 9.17) is 5.73 Å². The highest BCUT2D eigenvalue weighted by Gasteiger charge is 2.46. The van der Waals surface area contributed by atoms with E-state index in [2.05, 4.69) is 15.6 Å². The maximum atomic E-state index is 13.0. The zero-order valence-corrected chi connectivity index (χ0v) is 11.4. The van der Waals surface area contributed by atoms with Gasteiger partial charge in [-0.1, -0.05) is 18.1 Å². The van der Waals surface area contributed by atoms with Gasteiger partial charge in [0, 0.05) is 12.6 Å². The number of halogens is 3. The molecule has 2 unspecified atom stereocenters. The fraction of sp³-hybridized carbons (Fsp3) is 0.750. The topological polar surface area (TPSA) is 85.8 Å². The number of hydrogen-bond donors (Lipinski definition) is 2. The molecule has 0 aliphatic heterocycles. The number of amides is 1. The number of aromatic nitrogens is 3. The van der Waals surface area contributed by atoms with E-state index in [1.165, 1.54) is 10.9 Å². The number of nitrogens with zero attached hydrogens (tertiary/aromatic N) is 3. The van der Waals surface area contributed by atoms with Crippen molar-refractivity contribution in [3.8, 4) is 0 Å². The minimum atomic E-state index is -4.30. The maximum Gasteiger partial charge on any atom is 0.393 e. The SMILES string of the molecule is NCCn1cc(C(=O)NC2CCCCC2C(F)(F)F)nn1. The van der Waals surface area contributed by atoms with Crippen LogP contribution in [0, 0.1) is 5.92 Å². The lowest BCUT2D eigenvalue weighted by molar-refractivity contribution is -0.187. The van der Waals surface area contributed by atoms with E-state index in [9.17, 15) is 18.0 Å². The first-order valence-electron chi connectivity index (χ1n) is 6.89. The molecule has 9 heteroatoms. The molecule has 1 aromatic heterocycles. The normalized spacial score (nSPS) is 23.0. The van der Waals surface area contributed by atoms with E-state index in [-0.39, 0.29) is 12.1 Å². The Hall–Kier alpha value is -1.64. The third kappa shape index (κ3) is 3.93. The number of rotatable bonds is 4. The number of nitrogens with one attached hydrogen (secondary N) is 1. The van der Waals surface area contributed by atoms with Gasteiger partial charge < -0.3 is 11.1 Å². The number of carbonyl (C=O) groups is 1. The number of nitrogens with two attached hydrogens (primary N) is 1. The highest BCUT2D eigenvalue weighted by molar-refractivity contribution is 5.92. The molecule has 1 aliphatic carbocycles. The quantitative estimate of drug-likeness (QED) is 0.872. The van der Waals surface area contributed by atoms with Crippen LogP contribution in [0.25, 0.3) is 0 Å². The van der Waals surface area contributed by atoms with E-state index in [0.29, 0.717) is 32.4 Å². The van der Waals surface area contributed by atoms with Gasteiger partial charge in [-0.25, -0.2) is 0 Å². The largest absolute Gasteiger partial charge is 0.393 e. The van der Waals surface area contributed by atoms with Crippen LogP contribution in [0.3, 0.4) is 0 Å². The molecule has 3 N–H and O–H groups in total. The Morgan fingerprint density at radius 3 is 2.81 bits per heavy atom. The third-order valence-electron chi connectivity index (χ3n) is 3.63. The lowest BCUT2D eigenvalue weighted by atomic mass is 9.84. The van der Waals surface area contributed by atoms with Crippen molar-refractivity contribution in [1.29, 1.82) is 0 Å². The van der Waals surface area contributed by atoms with Gasteiger partial charge in [-0.3, -0.25) is 9.48 Å². The smallest absolute Gasteiger partial charge is 0.347 e. The Balaban J connectivity index is 2.02. The van der Waals surface area contributed by atoms with Gasteiger partial charge in [0.2, 0.25) is 0 Å². The van der Waals surface area contributed by atoms with Crippen LogP contribution in [0.2, 0.25) is 0 Å². The van der Waals surface area contributed by atoms with Crippen LogP contribution in [0.5, 0.6) is 0 Å². The standard InChI is InChI=1S/C12H18F3N5O/c13-12(14,15)8-3-1-2-4-9(8)17-11(21)10-7-20(6-5-16)19-18-10/h7-9H,1-6,16H2,(H,17,21). The molecule has 1 heterocycles. The molecule has 6 nitrogen and oxygen atoms in total. The molecule has 0 saturated heterocycles. The van der Waals surface area contributed by atoms with E-state index >= 15 is 0 Å². The van der Waals surface area contributed by atoms with Gasteiger partial charge >= 0.3 is 6.18 Å². The van der Waals surface area contributed by atoms with Crippen molar-refractivity contribution in [3.05, 3.63) is 11.9 Å². The Morgan fingerprint density at radius 1 is 1.43 bits per heavy atom. The molecule has 0 spiro atoms. The fourth-order valence-electron chi connectivity index (χ4n) is 2.58. The van der Waals surface area contributed by atoms with Gasteiger partial charge in [-0.05, 0) is 12.8 Å². The minimum absolute atomic E-state index is 0.00921. The summed E-state index contributed by atoms with van der Waals surface area (Å²) in [5.74, 6) is -2.12. The Bertz CT molecular complexity index is 487. The molecule has 21 heavy (non-hydrogen) atoms. The van der Waals surface area contributed by atoms with Crippen LogP contribution in [0.15, 0.2) is 6.20 Å². The van der Waals surface area contributed by atoms with Gasteiger partial charge in [-0.2, -0.15) is 13.2 Å². The summed E-state index contributed by atoms with van der Waals surface area (Å²) in [6, 6.07) is -0.897. The van der Waals surface area contributed by atoms with E-state index in [0.717, 1.165) is 0 Å². The summed E-state index contributed by atoms with van der Waals surface area (Å²) in [6.07, 6.45) is -1.33. The second-order valence-electron chi connectivity index (χ2n) is 5.17. The van der Waals surface area contributed by atoms with Crippen LogP contribution < -0.4 is 11.1 Å². The van der Waals surface area contributed by atoms with Gasteiger partial charge in [-0.15, -0.1) is 5.10 Å². The average Bonchev–Trinajstić information content (AvgIpc) is 2.87. The highest BCUT2D eigenvalue weighted by Crippen LogP contribution is 2.37. The van der Waals surface area contributed by atoms with Crippen molar-refractivity contribution in [2.45, 2.75) is 44.4 Å². The summed E-state index contributed by atoms with van der Waals surface area (Å²) in [7, 11) is 0. The van der Waals surface area contributed by atoms with Crippen molar-refractivity contribution in [2.24, 2.45) is 11.7 Å². The summed E-state index contributed by atoms with van der Waals surface area (Å²) < 4.78 is 40.2. The Morgan fingerprint density at radius 2 is 2.14 bits per heavy atom. The van der Waals surface area contributed by atoms with Gasteiger partial charge in [0.1, 0.15) is 0 Å². The number of hydrogen-bond acceptors (Lipinski definition) is 4. The van der Waals surface area contributed by atoms with Crippen molar-refractivity contribution in [1.82, 2.24) is 20.3 Å². The Labute approximate surface area is 119 Å². The molecule has 0 radical (unpaired) electrons. The van der Waals surface area contributed by atoms with Gasteiger partial charge in [0.15, 0.2) is 5.69 Å². The first kappa shape index (κ1) is 15.7. The van der Waals surface area contributed by atoms with E-state index in [1.807, 2.05) is 0 Å². The first-order valence-corrected chi connectivity index (χ1v) is 6.89. The molecule has 0 bridgehead atoms. The zero-order valence-electron chi connectivity index (χ0n) is 11.4. The van der Waals surface area contributed by atoms with Crippen molar-refractivity contribution in [2.75, 3.05) is 6.54 Å². The monoisotopic (exact) mass is 305 g/mol. The van der Waals surface area contributed by atoms with Crippen LogP contribution in [0.1, 0.15) is 36.2 Å². The molecule has 2 atom stereocenters. The van der Waals surface area contributed by atoms with Gasteiger partial charge in [0.25, 0.3) is 5.91 Å².